The van der Waals surface area contributed by atoms with Crippen LogP contribution in [0, 0.1) is 23.2 Å². The SMILES string of the molecule is CC[C@@](C(=O)O)(C(CO)C(C)CC(C)C)[C@H]1CN(C2=Nc3cc(Cl)ccc3Oc3ccccc32)CCN1. The molecule has 37 heavy (non-hydrogen) atoms. The Balaban J connectivity index is 1.75. The second kappa shape index (κ2) is 11.4. The molecule has 1 fully saturated rings. The van der Waals surface area contributed by atoms with E-state index < -0.39 is 11.4 Å². The Labute approximate surface area is 224 Å². The number of piperazine rings is 1. The Bertz CT molecular complexity index is 1150. The summed E-state index contributed by atoms with van der Waals surface area (Å²) >= 11 is 6.29. The molecule has 200 valence electrons. The number of amidine groups is 1. The van der Waals surface area contributed by atoms with Crippen molar-refractivity contribution in [2.75, 3.05) is 26.2 Å². The van der Waals surface area contributed by atoms with Crippen LogP contribution in [0.25, 0.3) is 0 Å². The highest BCUT2D eigenvalue weighted by Gasteiger charge is 2.53. The molecule has 0 aromatic heterocycles. The number of aliphatic hydroxyl groups is 1. The maximum Gasteiger partial charge on any atom is 0.311 e. The van der Waals surface area contributed by atoms with Gasteiger partial charge < -0.3 is 25.2 Å². The molecule has 2 unspecified atom stereocenters. The van der Waals surface area contributed by atoms with Crippen molar-refractivity contribution in [2.45, 2.75) is 46.6 Å². The Morgan fingerprint density at radius 3 is 2.68 bits per heavy atom. The molecular weight excluding hydrogens is 490 g/mol. The summed E-state index contributed by atoms with van der Waals surface area (Å²) in [7, 11) is 0. The molecule has 4 rings (SSSR count). The number of carboxylic acids is 1. The van der Waals surface area contributed by atoms with E-state index in [1.54, 1.807) is 12.1 Å². The minimum absolute atomic E-state index is 0.0524. The van der Waals surface area contributed by atoms with Gasteiger partial charge in [0.15, 0.2) is 5.75 Å². The predicted octanol–water partition coefficient (Wildman–Crippen LogP) is 5.57. The van der Waals surface area contributed by atoms with Crippen LogP contribution in [0.15, 0.2) is 47.5 Å². The van der Waals surface area contributed by atoms with Gasteiger partial charge >= 0.3 is 5.97 Å². The van der Waals surface area contributed by atoms with Crippen molar-refractivity contribution in [3.63, 3.8) is 0 Å². The fraction of sp³-hybridized carbons (Fsp3) is 0.517. The molecule has 0 bridgehead atoms. The topological polar surface area (TPSA) is 94.4 Å². The zero-order valence-electron chi connectivity index (χ0n) is 22.1. The van der Waals surface area contributed by atoms with Gasteiger partial charge in [-0.2, -0.15) is 0 Å². The van der Waals surface area contributed by atoms with E-state index in [9.17, 15) is 15.0 Å². The number of para-hydroxylation sites is 1. The number of nitrogens with zero attached hydrogens (tertiary/aromatic N) is 2. The lowest BCUT2D eigenvalue weighted by Crippen LogP contribution is -2.64. The fourth-order valence-electron chi connectivity index (χ4n) is 6.21. The lowest BCUT2D eigenvalue weighted by molar-refractivity contribution is -0.160. The second-order valence-electron chi connectivity index (χ2n) is 10.7. The Kier molecular flexibility index (Phi) is 8.46. The molecule has 2 aliphatic rings. The van der Waals surface area contributed by atoms with Gasteiger partial charge in [-0.15, -0.1) is 0 Å². The molecule has 3 N–H and O–H groups in total. The highest BCUT2D eigenvalue weighted by atomic mass is 35.5. The maximum atomic E-state index is 13.0. The largest absolute Gasteiger partial charge is 0.481 e. The number of halogens is 1. The molecule has 1 saturated heterocycles. The summed E-state index contributed by atoms with van der Waals surface area (Å²) in [6.07, 6.45) is 1.26. The predicted molar refractivity (Wildman–Crippen MR) is 147 cm³/mol. The molecule has 0 aliphatic carbocycles. The van der Waals surface area contributed by atoms with Gasteiger partial charge in [-0.3, -0.25) is 4.79 Å². The van der Waals surface area contributed by atoms with E-state index in [-0.39, 0.29) is 24.5 Å². The van der Waals surface area contributed by atoms with Gasteiger partial charge in [-0.05, 0) is 55.0 Å². The number of hydrogen-bond acceptors (Lipinski definition) is 6. The van der Waals surface area contributed by atoms with Crippen molar-refractivity contribution in [3.05, 3.63) is 53.1 Å². The van der Waals surface area contributed by atoms with Gasteiger partial charge in [0.2, 0.25) is 0 Å². The minimum Gasteiger partial charge on any atom is -0.481 e. The van der Waals surface area contributed by atoms with Crippen molar-refractivity contribution in [1.82, 2.24) is 10.2 Å². The molecule has 0 amide bonds. The smallest absolute Gasteiger partial charge is 0.311 e. The van der Waals surface area contributed by atoms with Crippen molar-refractivity contribution < 1.29 is 19.7 Å². The molecule has 2 aromatic rings. The number of aliphatic imine (C=N–C) groups is 1. The summed E-state index contributed by atoms with van der Waals surface area (Å²) in [5.41, 5.74) is 0.344. The molecule has 7 nitrogen and oxygen atoms in total. The van der Waals surface area contributed by atoms with Crippen LogP contribution in [0.1, 0.15) is 46.1 Å². The van der Waals surface area contributed by atoms with Crippen LogP contribution < -0.4 is 10.1 Å². The van der Waals surface area contributed by atoms with E-state index in [1.165, 1.54) is 0 Å². The van der Waals surface area contributed by atoms with Crippen molar-refractivity contribution in [2.24, 2.45) is 28.2 Å². The van der Waals surface area contributed by atoms with E-state index in [4.69, 9.17) is 21.3 Å². The van der Waals surface area contributed by atoms with Gasteiger partial charge in [0.1, 0.15) is 17.3 Å². The molecule has 2 aromatic carbocycles. The normalized spacial score (nSPS) is 20.6. The Morgan fingerprint density at radius 1 is 1.24 bits per heavy atom. The summed E-state index contributed by atoms with van der Waals surface area (Å²) in [4.78, 5) is 20.2. The number of hydrogen-bond donors (Lipinski definition) is 3. The maximum absolute atomic E-state index is 13.0. The number of carbonyl (C=O) groups is 1. The summed E-state index contributed by atoms with van der Waals surface area (Å²) in [5.74, 6) is 1.25. The number of aliphatic carboxylic acids is 1. The number of carboxylic acid groups (broad SMARTS) is 1. The molecule has 0 saturated carbocycles. The molecule has 4 atom stereocenters. The first-order chi connectivity index (χ1) is 17.7. The third kappa shape index (κ3) is 5.35. The third-order valence-electron chi connectivity index (χ3n) is 7.96. The van der Waals surface area contributed by atoms with Crippen LogP contribution >= 0.6 is 11.6 Å². The fourth-order valence-corrected chi connectivity index (χ4v) is 6.38. The van der Waals surface area contributed by atoms with Crippen molar-refractivity contribution in [3.8, 4) is 11.5 Å². The van der Waals surface area contributed by atoms with E-state index in [0.717, 1.165) is 17.8 Å². The van der Waals surface area contributed by atoms with Gasteiger partial charge in [-0.25, -0.2) is 4.99 Å². The number of fused-ring (bicyclic) bond motifs is 2. The molecule has 8 heteroatoms. The molecule has 2 heterocycles. The van der Waals surface area contributed by atoms with E-state index in [0.29, 0.717) is 54.2 Å². The molecule has 0 spiro atoms. The van der Waals surface area contributed by atoms with Crippen LogP contribution in [-0.2, 0) is 4.79 Å². The lowest BCUT2D eigenvalue weighted by Gasteiger charge is -2.49. The van der Waals surface area contributed by atoms with E-state index in [1.807, 2.05) is 37.3 Å². The highest BCUT2D eigenvalue weighted by molar-refractivity contribution is 6.31. The number of ether oxygens (including phenoxy) is 1. The standard InChI is InChI=1S/C29H38ClN3O4/c1-5-29(28(35)36,22(17-34)19(4)14-18(2)3)26-16-33(13-12-31-26)27-21-8-6-7-9-24(21)37-25-11-10-20(30)15-23(25)32-27/h6-11,15,18-19,22,26,31,34H,5,12-14,16-17H2,1-4H3,(H,35,36)/t19?,22?,26-,29-/m1/s1. The van der Waals surface area contributed by atoms with E-state index in [2.05, 4.69) is 31.0 Å². The second-order valence-corrected chi connectivity index (χ2v) is 11.1. The summed E-state index contributed by atoms with van der Waals surface area (Å²) in [6, 6.07) is 12.8. The monoisotopic (exact) mass is 527 g/mol. The number of nitrogens with one attached hydrogen (secondary N) is 1. The van der Waals surface area contributed by atoms with Crippen LogP contribution in [0.3, 0.4) is 0 Å². The average Bonchev–Trinajstić information content (AvgIpc) is 3.03. The molecule has 0 radical (unpaired) electrons. The first-order valence-corrected chi connectivity index (χ1v) is 13.6. The summed E-state index contributed by atoms with van der Waals surface area (Å²) in [5, 5.41) is 25.3. The molecule has 2 aliphatic heterocycles. The highest BCUT2D eigenvalue weighted by Crippen LogP contribution is 2.44. The van der Waals surface area contributed by atoms with Gasteiger partial charge in [0.25, 0.3) is 0 Å². The number of rotatable bonds is 8. The van der Waals surface area contributed by atoms with E-state index >= 15 is 0 Å². The first kappa shape index (κ1) is 27.4. The summed E-state index contributed by atoms with van der Waals surface area (Å²) in [6.45, 7) is 9.78. The average molecular weight is 528 g/mol. The van der Waals surface area contributed by atoms with Crippen LogP contribution in [0.2, 0.25) is 5.02 Å². The summed E-state index contributed by atoms with van der Waals surface area (Å²) < 4.78 is 6.21. The van der Waals surface area contributed by atoms with Crippen LogP contribution in [0.4, 0.5) is 5.69 Å². The van der Waals surface area contributed by atoms with Gasteiger partial charge in [0, 0.05) is 43.2 Å². The van der Waals surface area contributed by atoms with Crippen LogP contribution in [0.5, 0.6) is 11.5 Å². The Morgan fingerprint density at radius 2 is 2.00 bits per heavy atom. The van der Waals surface area contributed by atoms with Crippen molar-refractivity contribution in [1.29, 1.82) is 0 Å². The van der Waals surface area contributed by atoms with Crippen molar-refractivity contribution >= 4 is 29.1 Å². The zero-order chi connectivity index (χ0) is 26.7. The quantitative estimate of drug-likeness (QED) is 0.415. The first-order valence-electron chi connectivity index (χ1n) is 13.2. The van der Waals surface area contributed by atoms with Gasteiger partial charge in [-0.1, -0.05) is 51.4 Å². The third-order valence-corrected chi connectivity index (χ3v) is 8.20. The Hall–Kier alpha value is -2.61. The number of aliphatic hydroxyl groups excluding tert-OH is 1. The van der Waals surface area contributed by atoms with Gasteiger partial charge in [0.05, 0.1) is 11.0 Å². The zero-order valence-corrected chi connectivity index (χ0v) is 22.8. The minimum atomic E-state index is -1.13. The molecular formula is C29H38ClN3O4. The number of benzene rings is 2. The van der Waals surface area contributed by atoms with Crippen LogP contribution in [-0.4, -0.2) is 59.2 Å². The lowest BCUT2D eigenvalue weighted by atomic mass is 9.62.